The Morgan fingerprint density at radius 2 is 2.13 bits per heavy atom. The zero-order valence-electron chi connectivity index (χ0n) is 8.69. The van der Waals surface area contributed by atoms with E-state index in [4.69, 9.17) is 0 Å². The van der Waals surface area contributed by atoms with Crippen molar-refractivity contribution in [1.82, 2.24) is 4.90 Å². The van der Waals surface area contributed by atoms with Crippen molar-refractivity contribution in [2.24, 2.45) is 17.8 Å². The van der Waals surface area contributed by atoms with Crippen LogP contribution < -0.4 is 0 Å². The van der Waals surface area contributed by atoms with E-state index in [1.807, 2.05) is 0 Å². The van der Waals surface area contributed by atoms with Gasteiger partial charge in [0, 0.05) is 6.54 Å². The number of nitrogens with zero attached hydrogens (tertiary/aromatic N) is 1. The fraction of sp³-hybridized carbons (Fsp3) is 0.667. The lowest BCUT2D eigenvalue weighted by atomic mass is 9.93. The molecule has 0 radical (unpaired) electrons. The molecule has 3 unspecified atom stereocenters. The molecule has 1 amide bonds. The maximum absolute atomic E-state index is 11.5. The lowest BCUT2D eigenvalue weighted by Crippen LogP contribution is -2.32. The Balaban J connectivity index is 1.64. The fourth-order valence-corrected chi connectivity index (χ4v) is 3.19. The minimum absolute atomic E-state index is 0.0340. The number of carbonyl (C=O) groups excluding carboxylic acids is 2. The Bertz CT molecular complexity index is 348. The average molecular weight is 205 g/mol. The van der Waals surface area contributed by atoms with Crippen molar-refractivity contribution in [3.8, 4) is 0 Å². The van der Waals surface area contributed by atoms with Gasteiger partial charge in [0.15, 0.2) is 5.78 Å². The SMILES string of the molecule is O=C1CC(=O)N(CC2CC3C=CC2C3)C1. The molecule has 1 saturated heterocycles. The highest BCUT2D eigenvalue weighted by Crippen LogP contribution is 2.43. The number of ketones is 1. The smallest absolute Gasteiger partial charge is 0.230 e. The van der Waals surface area contributed by atoms with Gasteiger partial charge in [-0.25, -0.2) is 0 Å². The van der Waals surface area contributed by atoms with E-state index in [9.17, 15) is 9.59 Å². The molecule has 3 atom stereocenters. The van der Waals surface area contributed by atoms with Crippen LogP contribution in [0.1, 0.15) is 19.3 Å². The first-order valence-corrected chi connectivity index (χ1v) is 5.70. The summed E-state index contributed by atoms with van der Waals surface area (Å²) >= 11 is 0. The average Bonchev–Trinajstić information content (AvgIpc) is 2.83. The Hall–Kier alpha value is -1.12. The van der Waals surface area contributed by atoms with Gasteiger partial charge in [-0.05, 0) is 30.6 Å². The number of fused-ring (bicyclic) bond motifs is 2. The number of carbonyl (C=O) groups is 2. The van der Waals surface area contributed by atoms with Gasteiger partial charge in [0.1, 0.15) is 0 Å². The van der Waals surface area contributed by atoms with Crippen LogP contribution in [0.2, 0.25) is 0 Å². The number of rotatable bonds is 2. The number of hydrogen-bond acceptors (Lipinski definition) is 2. The first kappa shape index (κ1) is 9.13. The van der Waals surface area contributed by atoms with Crippen LogP contribution >= 0.6 is 0 Å². The van der Waals surface area contributed by atoms with Gasteiger partial charge in [-0.1, -0.05) is 12.2 Å². The van der Waals surface area contributed by atoms with Crippen molar-refractivity contribution >= 4 is 11.7 Å². The second-order valence-corrected chi connectivity index (χ2v) is 5.03. The summed E-state index contributed by atoms with van der Waals surface area (Å²) in [6.07, 6.45) is 7.20. The van der Waals surface area contributed by atoms with Crippen LogP contribution in [-0.2, 0) is 9.59 Å². The molecule has 3 aliphatic rings. The molecule has 0 aromatic rings. The molecule has 1 aliphatic heterocycles. The Morgan fingerprint density at radius 1 is 1.27 bits per heavy atom. The van der Waals surface area contributed by atoms with E-state index in [0.29, 0.717) is 18.4 Å². The van der Waals surface area contributed by atoms with Crippen molar-refractivity contribution < 1.29 is 9.59 Å². The highest BCUT2D eigenvalue weighted by atomic mass is 16.2. The quantitative estimate of drug-likeness (QED) is 0.498. The first-order chi connectivity index (χ1) is 7.22. The van der Waals surface area contributed by atoms with E-state index in [2.05, 4.69) is 12.2 Å². The van der Waals surface area contributed by atoms with Crippen LogP contribution in [0, 0.1) is 17.8 Å². The maximum atomic E-state index is 11.5. The van der Waals surface area contributed by atoms with Crippen LogP contribution in [0.4, 0.5) is 0 Å². The topological polar surface area (TPSA) is 37.4 Å². The van der Waals surface area contributed by atoms with Gasteiger partial charge in [0.2, 0.25) is 5.91 Å². The third kappa shape index (κ3) is 1.50. The molecule has 2 fully saturated rings. The molecule has 0 spiro atoms. The second-order valence-electron chi connectivity index (χ2n) is 5.03. The van der Waals surface area contributed by atoms with Gasteiger partial charge < -0.3 is 4.90 Å². The Kier molecular flexibility index (Phi) is 1.94. The summed E-state index contributed by atoms with van der Waals surface area (Å²) < 4.78 is 0. The van der Waals surface area contributed by atoms with Crippen molar-refractivity contribution in [1.29, 1.82) is 0 Å². The van der Waals surface area contributed by atoms with Crippen molar-refractivity contribution in [2.45, 2.75) is 19.3 Å². The zero-order chi connectivity index (χ0) is 10.4. The summed E-state index contributed by atoms with van der Waals surface area (Å²) in [7, 11) is 0. The number of amides is 1. The molecular weight excluding hydrogens is 190 g/mol. The van der Waals surface area contributed by atoms with Gasteiger partial charge in [0.05, 0.1) is 13.0 Å². The third-order valence-corrected chi connectivity index (χ3v) is 3.94. The zero-order valence-corrected chi connectivity index (χ0v) is 8.69. The first-order valence-electron chi connectivity index (χ1n) is 5.70. The summed E-state index contributed by atoms with van der Waals surface area (Å²) in [5.74, 6) is 2.13. The van der Waals surface area contributed by atoms with E-state index in [-0.39, 0.29) is 18.1 Å². The molecule has 15 heavy (non-hydrogen) atoms. The predicted octanol–water partition coefficient (Wildman–Crippen LogP) is 1.000. The van der Waals surface area contributed by atoms with Gasteiger partial charge in [-0.2, -0.15) is 0 Å². The fourth-order valence-electron chi connectivity index (χ4n) is 3.19. The maximum Gasteiger partial charge on any atom is 0.230 e. The molecule has 1 saturated carbocycles. The largest absolute Gasteiger partial charge is 0.335 e. The van der Waals surface area contributed by atoms with Crippen LogP contribution in [-0.4, -0.2) is 29.7 Å². The Labute approximate surface area is 89.1 Å². The van der Waals surface area contributed by atoms with E-state index >= 15 is 0 Å². The van der Waals surface area contributed by atoms with E-state index in [1.165, 1.54) is 12.8 Å². The number of Topliss-reactive ketones (excluding diaryl/α,β-unsaturated/α-hetero) is 1. The number of allylic oxidation sites excluding steroid dienone is 2. The minimum Gasteiger partial charge on any atom is -0.335 e. The summed E-state index contributed by atoms with van der Waals surface area (Å²) in [5.41, 5.74) is 0. The highest BCUT2D eigenvalue weighted by Gasteiger charge is 2.38. The van der Waals surface area contributed by atoms with Crippen LogP contribution in [0.3, 0.4) is 0 Å². The lowest BCUT2D eigenvalue weighted by molar-refractivity contribution is -0.128. The summed E-state index contributed by atoms with van der Waals surface area (Å²) in [6.45, 7) is 1.16. The third-order valence-electron chi connectivity index (χ3n) is 3.94. The van der Waals surface area contributed by atoms with E-state index in [1.54, 1.807) is 4.90 Å². The summed E-state index contributed by atoms with van der Waals surface area (Å²) in [6, 6.07) is 0. The van der Waals surface area contributed by atoms with Gasteiger partial charge in [-0.15, -0.1) is 0 Å². The number of likely N-dealkylation sites (tertiary alicyclic amines) is 1. The molecule has 80 valence electrons. The van der Waals surface area contributed by atoms with Gasteiger partial charge in [-0.3, -0.25) is 9.59 Å². The van der Waals surface area contributed by atoms with Crippen LogP contribution in [0.25, 0.3) is 0 Å². The molecule has 2 aliphatic carbocycles. The van der Waals surface area contributed by atoms with Crippen LogP contribution in [0.5, 0.6) is 0 Å². The Morgan fingerprint density at radius 3 is 2.67 bits per heavy atom. The molecule has 0 aromatic heterocycles. The van der Waals surface area contributed by atoms with E-state index in [0.717, 1.165) is 12.5 Å². The van der Waals surface area contributed by atoms with Gasteiger partial charge in [0.25, 0.3) is 0 Å². The number of hydrogen-bond donors (Lipinski definition) is 0. The normalized spacial score (nSPS) is 38.4. The molecular formula is C12H15NO2. The molecule has 0 N–H and O–H groups in total. The minimum atomic E-state index is 0.0340. The molecule has 0 aromatic carbocycles. The highest BCUT2D eigenvalue weighted by molar-refractivity contribution is 6.05. The second kappa shape index (κ2) is 3.19. The molecule has 3 nitrogen and oxygen atoms in total. The van der Waals surface area contributed by atoms with Crippen molar-refractivity contribution in [2.75, 3.05) is 13.1 Å². The molecule has 3 rings (SSSR count). The monoisotopic (exact) mass is 205 g/mol. The van der Waals surface area contributed by atoms with Gasteiger partial charge >= 0.3 is 0 Å². The summed E-state index contributed by atoms with van der Waals surface area (Å²) in [4.78, 5) is 24.3. The molecule has 3 heteroatoms. The molecule has 1 heterocycles. The lowest BCUT2D eigenvalue weighted by Gasteiger charge is -2.24. The van der Waals surface area contributed by atoms with E-state index < -0.39 is 0 Å². The standard InChI is InChI=1S/C12H15NO2/c14-11-5-12(15)13(7-11)6-10-4-8-1-2-9(10)3-8/h1-2,8-10H,3-7H2. The summed E-state index contributed by atoms with van der Waals surface area (Å²) in [5, 5.41) is 0. The van der Waals surface area contributed by atoms with Crippen molar-refractivity contribution in [3.63, 3.8) is 0 Å². The van der Waals surface area contributed by atoms with Crippen molar-refractivity contribution in [3.05, 3.63) is 12.2 Å². The predicted molar refractivity (Wildman–Crippen MR) is 55.0 cm³/mol. The van der Waals surface area contributed by atoms with Crippen LogP contribution in [0.15, 0.2) is 12.2 Å². The molecule has 2 bridgehead atoms.